The molecule has 10 heteroatoms. The first-order valence-electron chi connectivity index (χ1n) is 12.4. The van der Waals surface area contributed by atoms with Crippen molar-refractivity contribution in [2.24, 2.45) is 5.73 Å². The van der Waals surface area contributed by atoms with Crippen molar-refractivity contribution in [3.05, 3.63) is 0 Å². The van der Waals surface area contributed by atoms with Gasteiger partial charge < -0.3 is 30.0 Å². The first-order valence-corrected chi connectivity index (χ1v) is 17.4. The van der Waals surface area contributed by atoms with Crippen LogP contribution in [0.2, 0.25) is 36.3 Å². The van der Waals surface area contributed by atoms with Gasteiger partial charge in [-0.15, -0.1) is 0 Å². The van der Waals surface area contributed by atoms with Crippen LogP contribution in [0.25, 0.3) is 0 Å². The molecule has 0 aromatic rings. The number of carbonyl (C=O) groups excluding carboxylic acids is 2. The van der Waals surface area contributed by atoms with Crippen molar-refractivity contribution in [3.63, 3.8) is 0 Å². The second kappa shape index (κ2) is 13.2. The van der Waals surface area contributed by atoms with Gasteiger partial charge in [-0.1, -0.05) is 41.5 Å². The standard InChI is InChI=1S/C22H47N3O5Si2/c1-9-31(10-2,11-3)29-19-17(15-23)28-21(22(27)24-8)18(25-16(7)26)20(19)30-32(12-4,13-5)14-6/h17-21H,9-15,23H2,1-8H3,(H,24,27)(H,25,26)/t17-,18+,19+,20-,21-/m1/s1. The lowest BCUT2D eigenvalue weighted by Crippen LogP contribution is -2.71. The molecular weight excluding hydrogens is 442 g/mol. The second-order valence-corrected chi connectivity index (χ2v) is 18.3. The molecule has 1 fully saturated rings. The fourth-order valence-corrected chi connectivity index (χ4v) is 10.5. The number of hydrogen-bond acceptors (Lipinski definition) is 6. The summed E-state index contributed by atoms with van der Waals surface area (Å²) in [6.07, 6.45) is -2.30. The van der Waals surface area contributed by atoms with Gasteiger partial charge >= 0.3 is 0 Å². The van der Waals surface area contributed by atoms with E-state index in [4.69, 9.17) is 19.3 Å². The molecule has 1 aliphatic heterocycles. The van der Waals surface area contributed by atoms with E-state index < -0.39 is 47.1 Å². The van der Waals surface area contributed by atoms with E-state index in [1.54, 1.807) is 7.05 Å². The zero-order chi connectivity index (χ0) is 24.5. The Morgan fingerprint density at radius 1 is 0.875 bits per heavy atom. The summed E-state index contributed by atoms with van der Waals surface area (Å²) in [5.74, 6) is -0.524. The number of likely N-dealkylation sites (N-methyl/N-ethyl adjacent to an activating group) is 1. The average Bonchev–Trinajstić information content (AvgIpc) is 2.81. The summed E-state index contributed by atoms with van der Waals surface area (Å²) in [6.45, 7) is 14.7. The van der Waals surface area contributed by atoms with E-state index in [1.807, 2.05) is 0 Å². The van der Waals surface area contributed by atoms with Gasteiger partial charge in [0.25, 0.3) is 5.91 Å². The van der Waals surface area contributed by atoms with E-state index in [1.165, 1.54) is 6.92 Å². The summed E-state index contributed by atoms with van der Waals surface area (Å²) in [7, 11) is -2.59. The molecule has 4 N–H and O–H groups in total. The Balaban J connectivity index is 3.61. The molecule has 5 atom stereocenters. The van der Waals surface area contributed by atoms with Gasteiger partial charge in [0.05, 0.1) is 24.4 Å². The minimum Gasteiger partial charge on any atom is -0.409 e. The molecule has 8 nitrogen and oxygen atoms in total. The van der Waals surface area contributed by atoms with Crippen LogP contribution < -0.4 is 16.4 Å². The third-order valence-corrected chi connectivity index (χ3v) is 16.7. The number of hydrogen-bond donors (Lipinski definition) is 3. The van der Waals surface area contributed by atoms with Gasteiger partial charge in [0.1, 0.15) is 0 Å². The lowest BCUT2D eigenvalue weighted by atomic mass is 9.92. The van der Waals surface area contributed by atoms with Crippen molar-refractivity contribution in [2.75, 3.05) is 13.6 Å². The predicted molar refractivity (Wildman–Crippen MR) is 134 cm³/mol. The number of nitrogens with two attached hydrogens (primary N) is 1. The minimum atomic E-state index is -2.11. The van der Waals surface area contributed by atoms with Gasteiger partial charge in [0.15, 0.2) is 22.7 Å². The maximum atomic E-state index is 12.8. The highest BCUT2D eigenvalue weighted by atomic mass is 28.4. The number of carbonyl (C=O) groups is 2. The molecular formula is C22H47N3O5Si2. The Kier molecular flexibility index (Phi) is 12.1. The fraction of sp³-hybridized carbons (Fsp3) is 0.909. The molecule has 1 rings (SSSR count). The van der Waals surface area contributed by atoms with E-state index in [-0.39, 0.29) is 18.4 Å². The Hall–Kier alpha value is -0.786. The highest BCUT2D eigenvalue weighted by Crippen LogP contribution is 2.35. The summed E-state index contributed by atoms with van der Waals surface area (Å²) in [5.41, 5.74) is 6.16. The number of nitrogens with one attached hydrogen (secondary N) is 2. The molecule has 0 radical (unpaired) electrons. The highest BCUT2D eigenvalue weighted by Gasteiger charge is 2.53. The molecule has 1 saturated heterocycles. The Bertz CT molecular complexity index is 586. The molecule has 0 bridgehead atoms. The monoisotopic (exact) mass is 489 g/mol. The highest BCUT2D eigenvalue weighted by molar-refractivity contribution is 6.74. The molecule has 0 aromatic heterocycles. The SMILES string of the molecule is CC[Si](CC)(CC)O[C@@H]1[C@H](NC(C)=O)[C@H](C(=O)NC)O[C@H](CN)[C@@H]1O[Si](CC)(CC)CC. The van der Waals surface area contributed by atoms with Crippen LogP contribution in [-0.4, -0.2) is 72.5 Å². The lowest BCUT2D eigenvalue weighted by molar-refractivity contribution is -0.181. The Morgan fingerprint density at radius 3 is 1.66 bits per heavy atom. The number of amides is 2. The molecule has 0 saturated carbocycles. The molecule has 32 heavy (non-hydrogen) atoms. The predicted octanol–water partition coefficient (Wildman–Crippen LogP) is 2.74. The van der Waals surface area contributed by atoms with Gasteiger partial charge in [-0.3, -0.25) is 9.59 Å². The Morgan fingerprint density at radius 2 is 1.31 bits per heavy atom. The summed E-state index contributed by atoms with van der Waals surface area (Å²) in [4.78, 5) is 25.0. The van der Waals surface area contributed by atoms with Gasteiger partial charge in [-0.2, -0.15) is 0 Å². The zero-order valence-electron chi connectivity index (χ0n) is 21.5. The van der Waals surface area contributed by atoms with E-state index >= 15 is 0 Å². The topological polar surface area (TPSA) is 112 Å². The van der Waals surface area contributed by atoms with Crippen LogP contribution >= 0.6 is 0 Å². The maximum Gasteiger partial charge on any atom is 0.251 e. The molecule has 1 aliphatic rings. The summed E-state index contributed by atoms with van der Waals surface area (Å²) in [5, 5.41) is 5.65. The smallest absolute Gasteiger partial charge is 0.251 e. The van der Waals surface area contributed by atoms with Crippen LogP contribution in [0.3, 0.4) is 0 Å². The van der Waals surface area contributed by atoms with Gasteiger partial charge in [0, 0.05) is 20.5 Å². The molecule has 0 unspecified atom stereocenters. The molecule has 0 aliphatic carbocycles. The van der Waals surface area contributed by atoms with Crippen LogP contribution in [-0.2, 0) is 23.2 Å². The number of rotatable bonds is 13. The van der Waals surface area contributed by atoms with Gasteiger partial charge in [-0.05, 0) is 36.3 Å². The van der Waals surface area contributed by atoms with E-state index in [2.05, 4.69) is 52.2 Å². The summed E-state index contributed by atoms with van der Waals surface area (Å²) < 4.78 is 20.2. The average molecular weight is 490 g/mol. The first kappa shape index (κ1) is 29.2. The van der Waals surface area contributed by atoms with E-state index in [9.17, 15) is 9.59 Å². The van der Waals surface area contributed by atoms with Crippen LogP contribution in [0.5, 0.6) is 0 Å². The largest absolute Gasteiger partial charge is 0.409 e. The molecule has 1 heterocycles. The first-order chi connectivity index (χ1) is 15.1. The van der Waals surface area contributed by atoms with Crippen molar-refractivity contribution in [1.29, 1.82) is 0 Å². The maximum absolute atomic E-state index is 12.8. The van der Waals surface area contributed by atoms with Crippen molar-refractivity contribution in [1.82, 2.24) is 10.6 Å². The molecule has 2 amide bonds. The third kappa shape index (κ3) is 6.63. The summed E-state index contributed by atoms with van der Waals surface area (Å²) in [6, 6.07) is 5.13. The van der Waals surface area contributed by atoms with Crippen molar-refractivity contribution in [2.45, 2.75) is 115 Å². The normalized spacial score (nSPS) is 26.6. The van der Waals surface area contributed by atoms with Crippen LogP contribution in [0, 0.1) is 0 Å². The third-order valence-electron chi connectivity index (χ3n) is 7.44. The quantitative estimate of drug-likeness (QED) is 0.343. The van der Waals surface area contributed by atoms with Gasteiger partial charge in [0.2, 0.25) is 5.91 Å². The van der Waals surface area contributed by atoms with Crippen molar-refractivity contribution < 1.29 is 23.2 Å². The molecule has 188 valence electrons. The van der Waals surface area contributed by atoms with Crippen LogP contribution in [0.15, 0.2) is 0 Å². The van der Waals surface area contributed by atoms with Gasteiger partial charge in [-0.25, -0.2) is 0 Å². The fourth-order valence-electron chi connectivity index (χ4n) is 4.75. The van der Waals surface area contributed by atoms with E-state index in [0.717, 1.165) is 36.3 Å². The second-order valence-electron chi connectivity index (χ2n) is 8.82. The summed E-state index contributed by atoms with van der Waals surface area (Å²) >= 11 is 0. The number of ether oxygens (including phenoxy) is 1. The zero-order valence-corrected chi connectivity index (χ0v) is 23.5. The lowest BCUT2D eigenvalue weighted by Gasteiger charge is -2.51. The molecule has 0 spiro atoms. The van der Waals surface area contributed by atoms with Crippen LogP contribution in [0.4, 0.5) is 0 Å². The molecule has 0 aromatic carbocycles. The van der Waals surface area contributed by atoms with Crippen molar-refractivity contribution >= 4 is 28.4 Å². The van der Waals surface area contributed by atoms with Crippen LogP contribution in [0.1, 0.15) is 48.5 Å². The Labute approximate surface area is 197 Å². The van der Waals surface area contributed by atoms with E-state index in [0.29, 0.717) is 0 Å². The van der Waals surface area contributed by atoms with Crippen molar-refractivity contribution in [3.8, 4) is 0 Å². The minimum absolute atomic E-state index is 0.214.